The molecule has 1 aliphatic rings. The van der Waals surface area contributed by atoms with Crippen LogP contribution in [0.3, 0.4) is 0 Å². The molecule has 28 heavy (non-hydrogen) atoms. The lowest BCUT2D eigenvalue weighted by atomic mass is 10.0. The smallest absolute Gasteiger partial charge is 0.0924 e. The molecule has 6 heteroatoms. The summed E-state index contributed by atoms with van der Waals surface area (Å²) in [6, 6.07) is 8.94. The highest BCUT2D eigenvalue weighted by Gasteiger charge is 2.25. The molecule has 2 aromatic heterocycles. The summed E-state index contributed by atoms with van der Waals surface area (Å²) in [5.74, 6) is 0. The van der Waals surface area contributed by atoms with Crippen LogP contribution in [-0.4, -0.2) is 50.3 Å². The van der Waals surface area contributed by atoms with Crippen LogP contribution < -0.4 is 5.73 Å². The minimum absolute atomic E-state index is 0.447. The molecule has 0 amide bonds. The fraction of sp³-hybridized carbons (Fsp3) is 0.500. The number of nitrogens with zero attached hydrogens (tertiary/aromatic N) is 5. The lowest BCUT2D eigenvalue weighted by molar-refractivity contribution is 0.126. The minimum Gasteiger partial charge on any atom is -0.329 e. The van der Waals surface area contributed by atoms with Gasteiger partial charge in [0, 0.05) is 37.4 Å². The fourth-order valence-corrected chi connectivity index (χ4v) is 4.17. The molecule has 2 N–H and O–H groups in total. The van der Waals surface area contributed by atoms with E-state index in [1.165, 1.54) is 19.3 Å². The number of benzene rings is 1. The summed E-state index contributed by atoms with van der Waals surface area (Å²) >= 11 is 0. The summed E-state index contributed by atoms with van der Waals surface area (Å²) in [6.07, 6.45) is 11.8. The quantitative estimate of drug-likeness (QED) is 0.679. The van der Waals surface area contributed by atoms with E-state index in [0.29, 0.717) is 12.1 Å². The number of para-hydroxylation sites is 2. The molecule has 1 aromatic carbocycles. The molecule has 0 aliphatic carbocycles. The van der Waals surface area contributed by atoms with Crippen molar-refractivity contribution >= 4 is 11.0 Å². The van der Waals surface area contributed by atoms with E-state index in [1.54, 1.807) is 0 Å². The first-order valence-corrected chi connectivity index (χ1v) is 10.5. The zero-order chi connectivity index (χ0) is 19.3. The van der Waals surface area contributed by atoms with Gasteiger partial charge in [-0.25, -0.2) is 4.98 Å². The van der Waals surface area contributed by atoms with Crippen molar-refractivity contribution in [3.63, 3.8) is 0 Å². The van der Waals surface area contributed by atoms with E-state index < -0.39 is 0 Å². The van der Waals surface area contributed by atoms with Gasteiger partial charge in [-0.3, -0.25) is 14.6 Å². The molecular weight excluding hydrogens is 348 g/mol. The van der Waals surface area contributed by atoms with Crippen LogP contribution in [0.15, 0.2) is 42.9 Å². The lowest BCUT2D eigenvalue weighted by Gasteiger charge is -2.37. The topological polar surface area (TPSA) is 72.9 Å². The van der Waals surface area contributed by atoms with E-state index in [4.69, 9.17) is 10.7 Å². The molecule has 1 atom stereocenters. The second-order valence-corrected chi connectivity index (χ2v) is 7.75. The van der Waals surface area contributed by atoms with Crippen LogP contribution in [0.1, 0.15) is 45.1 Å². The molecule has 0 spiro atoms. The standard InChI is InChI=1S/C22H30N6/c1-2-3-6-19(13-23)27-11-9-18(10-12-27)28-16-17(14-25-28)22-15-24-20-7-4-5-8-21(20)26-22/h4-5,7-8,14-16,18-19H,2-3,6,9-13,23H2,1H3. The van der Waals surface area contributed by atoms with Crippen molar-refractivity contribution in [2.75, 3.05) is 19.6 Å². The van der Waals surface area contributed by atoms with Crippen LogP contribution >= 0.6 is 0 Å². The normalized spacial score (nSPS) is 17.2. The maximum absolute atomic E-state index is 6.03. The molecule has 0 radical (unpaired) electrons. The van der Waals surface area contributed by atoms with Crippen LogP contribution in [0.5, 0.6) is 0 Å². The number of aromatic nitrogens is 4. The molecule has 1 unspecified atom stereocenters. The molecule has 4 rings (SSSR count). The Morgan fingerprint density at radius 1 is 1.14 bits per heavy atom. The number of hydrogen-bond acceptors (Lipinski definition) is 5. The number of fused-ring (bicyclic) bond motifs is 1. The maximum atomic E-state index is 6.03. The van der Waals surface area contributed by atoms with E-state index in [9.17, 15) is 0 Å². The number of hydrogen-bond donors (Lipinski definition) is 1. The number of rotatable bonds is 7. The van der Waals surface area contributed by atoms with Gasteiger partial charge in [0.1, 0.15) is 0 Å². The largest absolute Gasteiger partial charge is 0.329 e. The highest BCUT2D eigenvalue weighted by Crippen LogP contribution is 2.26. The minimum atomic E-state index is 0.447. The molecule has 148 valence electrons. The Kier molecular flexibility index (Phi) is 5.98. The van der Waals surface area contributed by atoms with Crippen LogP contribution in [0.25, 0.3) is 22.3 Å². The van der Waals surface area contributed by atoms with Crippen molar-refractivity contribution < 1.29 is 0 Å². The summed E-state index contributed by atoms with van der Waals surface area (Å²) in [5, 5.41) is 4.64. The average molecular weight is 379 g/mol. The number of nitrogens with two attached hydrogens (primary N) is 1. The molecule has 1 fully saturated rings. The first-order chi connectivity index (χ1) is 13.8. The van der Waals surface area contributed by atoms with Crippen LogP contribution in [0.2, 0.25) is 0 Å². The van der Waals surface area contributed by atoms with Crippen LogP contribution in [0.4, 0.5) is 0 Å². The summed E-state index contributed by atoms with van der Waals surface area (Å²) in [5.41, 5.74) is 9.77. The Morgan fingerprint density at radius 3 is 2.68 bits per heavy atom. The number of piperidine rings is 1. The third kappa shape index (κ3) is 4.08. The summed E-state index contributed by atoms with van der Waals surface area (Å²) in [4.78, 5) is 11.8. The summed E-state index contributed by atoms with van der Waals surface area (Å²) in [6.45, 7) is 5.20. The molecule has 6 nitrogen and oxygen atoms in total. The van der Waals surface area contributed by atoms with Crippen molar-refractivity contribution in [3.05, 3.63) is 42.9 Å². The van der Waals surface area contributed by atoms with Gasteiger partial charge in [-0.1, -0.05) is 31.9 Å². The molecular formula is C22H30N6. The highest BCUT2D eigenvalue weighted by atomic mass is 15.3. The molecule has 1 aliphatic heterocycles. The van der Waals surface area contributed by atoms with Crippen molar-refractivity contribution in [1.82, 2.24) is 24.6 Å². The highest BCUT2D eigenvalue weighted by molar-refractivity contribution is 5.76. The lowest BCUT2D eigenvalue weighted by Crippen LogP contribution is -2.45. The Hall–Kier alpha value is -2.31. The molecule has 0 bridgehead atoms. The molecule has 1 saturated heterocycles. The number of unbranched alkanes of at least 4 members (excludes halogenated alkanes) is 1. The first-order valence-electron chi connectivity index (χ1n) is 10.5. The van der Waals surface area contributed by atoms with Gasteiger partial charge in [-0.05, 0) is 31.4 Å². The van der Waals surface area contributed by atoms with E-state index in [0.717, 1.165) is 54.8 Å². The molecule has 0 saturated carbocycles. The Labute approximate surface area is 166 Å². The monoisotopic (exact) mass is 378 g/mol. The predicted molar refractivity (Wildman–Crippen MR) is 113 cm³/mol. The van der Waals surface area contributed by atoms with Crippen molar-refractivity contribution in [2.24, 2.45) is 5.73 Å². The van der Waals surface area contributed by atoms with Gasteiger partial charge in [0.2, 0.25) is 0 Å². The third-order valence-corrected chi connectivity index (χ3v) is 5.90. The van der Waals surface area contributed by atoms with Gasteiger partial charge >= 0.3 is 0 Å². The van der Waals surface area contributed by atoms with E-state index >= 15 is 0 Å². The van der Waals surface area contributed by atoms with Gasteiger partial charge < -0.3 is 5.73 Å². The van der Waals surface area contributed by atoms with Crippen molar-refractivity contribution in [3.8, 4) is 11.3 Å². The SMILES string of the molecule is CCCCC(CN)N1CCC(n2cc(-c3cnc4ccccc4n3)cn2)CC1. The maximum Gasteiger partial charge on any atom is 0.0924 e. The van der Waals surface area contributed by atoms with Crippen molar-refractivity contribution in [2.45, 2.75) is 51.1 Å². The third-order valence-electron chi connectivity index (χ3n) is 5.90. The fourth-order valence-electron chi connectivity index (χ4n) is 4.17. The number of likely N-dealkylation sites (tertiary alicyclic amines) is 1. The molecule has 3 aromatic rings. The van der Waals surface area contributed by atoms with Crippen molar-refractivity contribution in [1.29, 1.82) is 0 Å². The second kappa shape index (κ2) is 8.80. The summed E-state index contributed by atoms with van der Waals surface area (Å²) in [7, 11) is 0. The van der Waals surface area contributed by atoms with Gasteiger partial charge in [0.25, 0.3) is 0 Å². The zero-order valence-electron chi connectivity index (χ0n) is 16.7. The van der Waals surface area contributed by atoms with E-state index in [-0.39, 0.29) is 0 Å². The first kappa shape index (κ1) is 19.0. The summed E-state index contributed by atoms with van der Waals surface area (Å²) < 4.78 is 2.12. The van der Waals surface area contributed by atoms with Gasteiger partial charge in [0.15, 0.2) is 0 Å². The zero-order valence-corrected chi connectivity index (χ0v) is 16.7. The van der Waals surface area contributed by atoms with E-state index in [2.05, 4.69) is 32.8 Å². The van der Waals surface area contributed by atoms with Gasteiger partial charge in [-0.2, -0.15) is 5.10 Å². The predicted octanol–water partition coefficient (Wildman–Crippen LogP) is 3.65. The van der Waals surface area contributed by atoms with E-state index in [1.807, 2.05) is 36.7 Å². The van der Waals surface area contributed by atoms with Gasteiger partial charge in [-0.15, -0.1) is 0 Å². The van der Waals surface area contributed by atoms with Crippen LogP contribution in [-0.2, 0) is 0 Å². The Balaban J connectivity index is 1.42. The molecule has 3 heterocycles. The Bertz CT molecular complexity index is 897. The average Bonchev–Trinajstić information content (AvgIpc) is 3.25. The second-order valence-electron chi connectivity index (χ2n) is 7.75. The van der Waals surface area contributed by atoms with Gasteiger partial charge in [0.05, 0.1) is 35.2 Å². The Morgan fingerprint density at radius 2 is 1.93 bits per heavy atom. The van der Waals surface area contributed by atoms with Crippen LogP contribution in [0, 0.1) is 0 Å².